The molecule has 4 heteroatoms. The van der Waals surface area contributed by atoms with Gasteiger partial charge >= 0.3 is 6.09 Å². The molecule has 1 rings (SSSR count). The number of ether oxygens (including phenoxy) is 1. The Bertz CT molecular complexity index is 256. The van der Waals surface area contributed by atoms with Crippen LogP contribution in [-0.2, 0) is 4.74 Å². The molecular weight excluding hydrogens is 204 g/mol. The Hall–Kier alpha value is -0.770. The maximum absolute atomic E-state index is 11.6. The molecule has 0 aliphatic carbocycles. The van der Waals surface area contributed by atoms with E-state index < -0.39 is 5.60 Å². The molecule has 4 nitrogen and oxygen atoms in total. The summed E-state index contributed by atoms with van der Waals surface area (Å²) in [6.45, 7) is 11.8. The molecular formula is C12H24N2O2. The van der Waals surface area contributed by atoms with Gasteiger partial charge in [0, 0.05) is 19.1 Å². The maximum atomic E-state index is 11.6. The van der Waals surface area contributed by atoms with Crippen molar-refractivity contribution < 1.29 is 9.53 Å². The third-order valence-corrected chi connectivity index (χ3v) is 2.51. The second-order valence-electron chi connectivity index (χ2n) is 6.34. The van der Waals surface area contributed by atoms with Crippen LogP contribution < -0.4 is 10.6 Å². The van der Waals surface area contributed by atoms with Crippen LogP contribution >= 0.6 is 0 Å². The highest BCUT2D eigenvalue weighted by atomic mass is 16.6. The lowest BCUT2D eigenvalue weighted by atomic mass is 9.83. The Kier molecular flexibility index (Phi) is 3.84. The molecule has 94 valence electrons. The van der Waals surface area contributed by atoms with Crippen LogP contribution in [0.1, 0.15) is 41.0 Å². The first-order chi connectivity index (χ1) is 7.18. The summed E-state index contributed by atoms with van der Waals surface area (Å²) in [5, 5.41) is 6.23. The summed E-state index contributed by atoms with van der Waals surface area (Å²) >= 11 is 0. The molecule has 0 aromatic rings. The van der Waals surface area contributed by atoms with Crippen molar-refractivity contribution >= 4 is 6.09 Å². The molecule has 0 saturated carbocycles. The first-order valence-electron chi connectivity index (χ1n) is 5.88. The number of hydrogen-bond acceptors (Lipinski definition) is 3. The lowest BCUT2D eigenvalue weighted by molar-refractivity contribution is 0.0478. The van der Waals surface area contributed by atoms with E-state index in [1.54, 1.807) is 0 Å². The Morgan fingerprint density at radius 2 is 2.06 bits per heavy atom. The van der Waals surface area contributed by atoms with Crippen molar-refractivity contribution in [2.24, 2.45) is 5.41 Å². The number of alkyl carbamates (subject to hydrolysis) is 1. The van der Waals surface area contributed by atoms with E-state index in [4.69, 9.17) is 4.74 Å². The quantitative estimate of drug-likeness (QED) is 0.720. The zero-order valence-corrected chi connectivity index (χ0v) is 11.0. The van der Waals surface area contributed by atoms with Crippen LogP contribution in [0.25, 0.3) is 0 Å². The summed E-state index contributed by atoms with van der Waals surface area (Å²) in [5.41, 5.74) is -0.195. The third kappa shape index (κ3) is 4.84. The fourth-order valence-corrected chi connectivity index (χ4v) is 1.97. The number of piperidine rings is 1. The van der Waals surface area contributed by atoms with Crippen molar-refractivity contribution in [3.8, 4) is 0 Å². The predicted octanol–water partition coefficient (Wildman–Crippen LogP) is 1.90. The van der Waals surface area contributed by atoms with Gasteiger partial charge in [-0.3, -0.25) is 0 Å². The Labute approximate surface area is 98.1 Å². The zero-order valence-electron chi connectivity index (χ0n) is 11.0. The highest BCUT2D eigenvalue weighted by Gasteiger charge is 2.29. The van der Waals surface area contributed by atoms with Gasteiger partial charge in [-0.25, -0.2) is 4.79 Å². The minimum absolute atomic E-state index is 0.165. The molecule has 0 unspecified atom stereocenters. The van der Waals surface area contributed by atoms with Gasteiger partial charge in [0.25, 0.3) is 0 Å². The average molecular weight is 228 g/mol. The van der Waals surface area contributed by atoms with E-state index in [1.807, 2.05) is 20.8 Å². The lowest BCUT2D eigenvalue weighted by Gasteiger charge is -2.36. The van der Waals surface area contributed by atoms with Gasteiger partial charge in [0.2, 0.25) is 0 Å². The number of carbonyl (C=O) groups is 1. The second-order valence-corrected chi connectivity index (χ2v) is 6.34. The van der Waals surface area contributed by atoms with E-state index in [0.717, 1.165) is 19.5 Å². The van der Waals surface area contributed by atoms with E-state index in [2.05, 4.69) is 24.5 Å². The maximum Gasteiger partial charge on any atom is 0.407 e. The average Bonchev–Trinajstić information content (AvgIpc) is 1.96. The number of rotatable bonds is 1. The van der Waals surface area contributed by atoms with Crippen LogP contribution in [0.4, 0.5) is 4.79 Å². The van der Waals surface area contributed by atoms with Crippen molar-refractivity contribution in [2.45, 2.75) is 52.7 Å². The predicted molar refractivity (Wildman–Crippen MR) is 64.4 cm³/mol. The molecule has 0 bridgehead atoms. The van der Waals surface area contributed by atoms with Crippen LogP contribution in [0.3, 0.4) is 0 Å². The van der Waals surface area contributed by atoms with E-state index in [9.17, 15) is 4.79 Å². The summed E-state index contributed by atoms with van der Waals surface area (Å²) in [7, 11) is 0. The van der Waals surface area contributed by atoms with Crippen LogP contribution in [0.5, 0.6) is 0 Å². The standard InChI is InChI=1S/C12H24N2O2/c1-11(2,3)16-10(15)14-9-6-12(4,5)8-13-7-9/h9,13H,6-8H2,1-5H3,(H,14,15)/t9-/m0/s1. The van der Waals surface area contributed by atoms with Crippen LogP contribution in [0.2, 0.25) is 0 Å². The van der Waals surface area contributed by atoms with Gasteiger partial charge in [-0.15, -0.1) is 0 Å². The molecule has 1 fully saturated rings. The van der Waals surface area contributed by atoms with Crippen molar-refractivity contribution in [2.75, 3.05) is 13.1 Å². The molecule has 2 N–H and O–H groups in total. The van der Waals surface area contributed by atoms with Crippen LogP contribution in [-0.4, -0.2) is 30.8 Å². The van der Waals surface area contributed by atoms with E-state index in [1.165, 1.54) is 0 Å². The second kappa shape index (κ2) is 4.62. The van der Waals surface area contributed by atoms with E-state index in [-0.39, 0.29) is 17.6 Å². The summed E-state index contributed by atoms with van der Waals surface area (Å²) in [6.07, 6.45) is 0.663. The monoisotopic (exact) mass is 228 g/mol. The molecule has 0 aromatic heterocycles. The lowest BCUT2D eigenvalue weighted by Crippen LogP contribution is -2.52. The fraction of sp³-hybridized carbons (Fsp3) is 0.917. The van der Waals surface area contributed by atoms with Crippen molar-refractivity contribution in [3.05, 3.63) is 0 Å². The Morgan fingerprint density at radius 3 is 2.56 bits per heavy atom. The number of hydrogen-bond donors (Lipinski definition) is 2. The van der Waals surface area contributed by atoms with Gasteiger partial charge in [-0.2, -0.15) is 0 Å². The normalized spacial score (nSPS) is 24.9. The summed E-state index contributed by atoms with van der Waals surface area (Å²) in [6, 6.07) is 0.165. The first-order valence-corrected chi connectivity index (χ1v) is 5.88. The molecule has 1 saturated heterocycles. The molecule has 0 aromatic carbocycles. The third-order valence-electron chi connectivity index (χ3n) is 2.51. The van der Waals surface area contributed by atoms with Gasteiger partial charge < -0.3 is 15.4 Å². The largest absolute Gasteiger partial charge is 0.444 e. The van der Waals surface area contributed by atoms with E-state index in [0.29, 0.717) is 0 Å². The highest BCUT2D eigenvalue weighted by Crippen LogP contribution is 2.24. The molecule has 1 amide bonds. The van der Waals surface area contributed by atoms with Crippen LogP contribution in [0.15, 0.2) is 0 Å². The minimum atomic E-state index is -0.429. The molecule has 1 aliphatic heterocycles. The first kappa shape index (κ1) is 13.3. The van der Waals surface area contributed by atoms with Gasteiger partial charge in [-0.05, 0) is 32.6 Å². The summed E-state index contributed by atoms with van der Waals surface area (Å²) < 4.78 is 5.23. The van der Waals surface area contributed by atoms with Crippen molar-refractivity contribution in [1.29, 1.82) is 0 Å². The van der Waals surface area contributed by atoms with Gasteiger partial charge in [0.05, 0.1) is 0 Å². The fourth-order valence-electron chi connectivity index (χ4n) is 1.97. The van der Waals surface area contributed by atoms with E-state index >= 15 is 0 Å². The molecule has 0 spiro atoms. The molecule has 1 heterocycles. The topological polar surface area (TPSA) is 50.4 Å². The van der Waals surface area contributed by atoms with Crippen molar-refractivity contribution in [1.82, 2.24) is 10.6 Å². The van der Waals surface area contributed by atoms with Crippen LogP contribution in [0, 0.1) is 5.41 Å². The van der Waals surface area contributed by atoms with Gasteiger partial charge in [0.15, 0.2) is 0 Å². The molecule has 16 heavy (non-hydrogen) atoms. The summed E-state index contributed by atoms with van der Waals surface area (Å²) in [5.74, 6) is 0. The number of nitrogens with one attached hydrogen (secondary N) is 2. The zero-order chi connectivity index (χ0) is 12.4. The molecule has 0 radical (unpaired) electrons. The smallest absolute Gasteiger partial charge is 0.407 e. The Morgan fingerprint density at radius 1 is 1.44 bits per heavy atom. The molecule has 1 aliphatic rings. The SMILES string of the molecule is CC1(C)CNC[C@@H](NC(=O)OC(C)(C)C)C1. The summed E-state index contributed by atoms with van der Waals surface area (Å²) in [4.78, 5) is 11.6. The minimum Gasteiger partial charge on any atom is -0.444 e. The van der Waals surface area contributed by atoms with Crippen molar-refractivity contribution in [3.63, 3.8) is 0 Å². The van der Waals surface area contributed by atoms with Gasteiger partial charge in [-0.1, -0.05) is 13.8 Å². The van der Waals surface area contributed by atoms with Gasteiger partial charge in [0.1, 0.15) is 5.60 Å². The Balaban J connectivity index is 2.40. The highest BCUT2D eigenvalue weighted by molar-refractivity contribution is 5.68. The number of amides is 1. The number of carbonyl (C=O) groups excluding carboxylic acids is 1. The molecule has 1 atom stereocenters.